The number of alkyl halides is 3. The summed E-state index contributed by atoms with van der Waals surface area (Å²) in [5.41, 5.74) is -0.338. The summed E-state index contributed by atoms with van der Waals surface area (Å²) in [6.45, 7) is 4.20. The number of nitrogens with zero attached hydrogens (tertiary/aromatic N) is 2. The molecule has 1 N–H and O–H groups in total. The Balaban J connectivity index is 2.12. The lowest BCUT2D eigenvalue weighted by Gasteiger charge is -2.32. The predicted octanol–water partition coefficient (Wildman–Crippen LogP) is 6.07. The molecule has 0 heterocycles. The lowest BCUT2D eigenvalue weighted by molar-refractivity contribution is -0.139. The van der Waals surface area contributed by atoms with Crippen molar-refractivity contribution in [2.24, 2.45) is 0 Å². The van der Waals surface area contributed by atoms with Gasteiger partial charge in [0.1, 0.15) is 12.6 Å². The lowest BCUT2D eigenvalue weighted by Crippen LogP contribution is -2.51. The van der Waals surface area contributed by atoms with Crippen LogP contribution in [-0.4, -0.2) is 44.3 Å². The summed E-state index contributed by atoms with van der Waals surface area (Å²) in [6, 6.07) is 13.7. The maximum Gasteiger partial charge on any atom is 0.417 e. The van der Waals surface area contributed by atoms with Crippen molar-refractivity contribution in [1.82, 2.24) is 10.2 Å². The van der Waals surface area contributed by atoms with E-state index in [0.717, 1.165) is 22.6 Å². The first-order valence-electron chi connectivity index (χ1n) is 12.4. The van der Waals surface area contributed by atoms with Gasteiger partial charge in [0.05, 0.1) is 21.2 Å². The normalized spacial score (nSPS) is 12.5. The quantitative estimate of drug-likeness (QED) is 0.295. The van der Waals surface area contributed by atoms with E-state index in [0.29, 0.717) is 21.0 Å². The second-order valence-corrected chi connectivity index (χ2v) is 11.9. The van der Waals surface area contributed by atoms with Crippen molar-refractivity contribution in [1.29, 1.82) is 0 Å². The SMILES string of the molecule is CCNC(=O)[C@H](C)N(Cc1ccc(Cl)cc1)C(=O)CN(c1ccc(Cl)c(C(F)(F)F)c1)S(=O)(=O)c1ccc(C)cc1. The molecule has 0 aliphatic carbocycles. The van der Waals surface area contributed by atoms with Gasteiger partial charge in [0.2, 0.25) is 11.8 Å². The fourth-order valence-corrected chi connectivity index (χ4v) is 5.70. The first-order valence-corrected chi connectivity index (χ1v) is 14.6. The van der Waals surface area contributed by atoms with E-state index in [1.807, 2.05) is 0 Å². The zero-order valence-electron chi connectivity index (χ0n) is 22.4. The van der Waals surface area contributed by atoms with Gasteiger partial charge in [-0.1, -0.05) is 53.0 Å². The number of hydrogen-bond donors (Lipinski definition) is 1. The molecule has 220 valence electrons. The van der Waals surface area contributed by atoms with Crippen LogP contribution in [0.15, 0.2) is 71.6 Å². The molecule has 0 unspecified atom stereocenters. The van der Waals surface area contributed by atoms with Crippen LogP contribution < -0.4 is 9.62 Å². The molecule has 3 rings (SSSR count). The van der Waals surface area contributed by atoms with Crippen molar-refractivity contribution in [3.8, 4) is 0 Å². The first-order chi connectivity index (χ1) is 19.1. The fraction of sp³-hybridized carbons (Fsp3) is 0.286. The average molecular weight is 631 g/mol. The topological polar surface area (TPSA) is 86.8 Å². The van der Waals surface area contributed by atoms with Crippen LogP contribution in [0.2, 0.25) is 10.0 Å². The summed E-state index contributed by atoms with van der Waals surface area (Å²) >= 11 is 11.7. The van der Waals surface area contributed by atoms with Crippen molar-refractivity contribution < 1.29 is 31.2 Å². The van der Waals surface area contributed by atoms with Crippen LogP contribution in [0.3, 0.4) is 0 Å². The number of carbonyl (C=O) groups excluding carboxylic acids is 2. The average Bonchev–Trinajstić information content (AvgIpc) is 2.91. The van der Waals surface area contributed by atoms with Crippen LogP contribution >= 0.6 is 23.2 Å². The maximum absolute atomic E-state index is 13.8. The molecule has 0 aliphatic heterocycles. The summed E-state index contributed by atoms with van der Waals surface area (Å²) in [7, 11) is -4.55. The van der Waals surface area contributed by atoms with Crippen LogP contribution in [-0.2, 0) is 32.3 Å². The van der Waals surface area contributed by atoms with E-state index in [9.17, 15) is 31.2 Å². The second-order valence-electron chi connectivity index (χ2n) is 9.21. The van der Waals surface area contributed by atoms with Gasteiger partial charge in [0, 0.05) is 18.1 Å². The van der Waals surface area contributed by atoms with E-state index in [-0.39, 0.29) is 18.0 Å². The molecule has 0 radical (unpaired) electrons. The number of anilines is 1. The molecule has 3 aromatic rings. The maximum atomic E-state index is 13.8. The minimum absolute atomic E-state index is 0.0961. The highest BCUT2D eigenvalue weighted by atomic mass is 35.5. The molecule has 0 aliphatic rings. The van der Waals surface area contributed by atoms with Gasteiger partial charge in [0.25, 0.3) is 10.0 Å². The molecule has 0 saturated heterocycles. The van der Waals surface area contributed by atoms with Gasteiger partial charge in [-0.3, -0.25) is 13.9 Å². The zero-order valence-corrected chi connectivity index (χ0v) is 24.7. The highest BCUT2D eigenvalue weighted by Crippen LogP contribution is 2.38. The van der Waals surface area contributed by atoms with Gasteiger partial charge in [-0.15, -0.1) is 0 Å². The first kappa shape index (κ1) is 32.2. The van der Waals surface area contributed by atoms with Crippen LogP contribution in [0.4, 0.5) is 18.9 Å². The summed E-state index contributed by atoms with van der Waals surface area (Å²) in [6.07, 6.45) is -4.89. The van der Waals surface area contributed by atoms with Crippen molar-refractivity contribution in [3.05, 3.63) is 93.5 Å². The van der Waals surface area contributed by atoms with Gasteiger partial charge in [0.15, 0.2) is 0 Å². The van der Waals surface area contributed by atoms with E-state index in [2.05, 4.69) is 5.32 Å². The molecule has 7 nitrogen and oxygen atoms in total. The largest absolute Gasteiger partial charge is 0.417 e. The number of hydrogen-bond acceptors (Lipinski definition) is 4. The number of carbonyl (C=O) groups is 2. The Bertz CT molecular complexity index is 1500. The summed E-state index contributed by atoms with van der Waals surface area (Å²) in [5.74, 6) is -1.31. The highest BCUT2D eigenvalue weighted by molar-refractivity contribution is 7.92. The molecule has 3 aromatic carbocycles. The Kier molecular flexibility index (Phi) is 10.3. The molecule has 1 atom stereocenters. The molecule has 13 heteroatoms. The smallest absolute Gasteiger partial charge is 0.355 e. The molecule has 2 amide bonds. The molecule has 41 heavy (non-hydrogen) atoms. The Morgan fingerprint density at radius 2 is 1.59 bits per heavy atom. The van der Waals surface area contributed by atoms with E-state index in [4.69, 9.17) is 23.2 Å². The lowest BCUT2D eigenvalue weighted by atomic mass is 10.1. The summed E-state index contributed by atoms with van der Waals surface area (Å²) < 4.78 is 69.3. The Morgan fingerprint density at radius 3 is 2.15 bits per heavy atom. The van der Waals surface area contributed by atoms with E-state index in [1.165, 1.54) is 31.2 Å². The molecular weight excluding hydrogens is 602 g/mol. The van der Waals surface area contributed by atoms with Crippen LogP contribution in [0.5, 0.6) is 0 Å². The Morgan fingerprint density at radius 1 is 0.976 bits per heavy atom. The molecule has 0 saturated carbocycles. The van der Waals surface area contributed by atoms with Gasteiger partial charge in [-0.05, 0) is 68.8 Å². The number of sulfonamides is 1. The van der Waals surface area contributed by atoms with Gasteiger partial charge < -0.3 is 10.2 Å². The van der Waals surface area contributed by atoms with Crippen LogP contribution in [0.25, 0.3) is 0 Å². The minimum Gasteiger partial charge on any atom is -0.355 e. The standard InChI is InChI=1S/C28H28Cl2F3N3O4S/c1-4-34-27(38)19(3)35(16-20-7-9-21(29)10-8-20)26(37)17-36(41(39,40)23-12-5-18(2)6-13-23)22-11-14-25(30)24(15-22)28(31,32)33/h5-15,19H,4,16-17H2,1-3H3,(H,34,38)/t19-/m0/s1. The summed E-state index contributed by atoms with van der Waals surface area (Å²) in [5, 5.41) is 2.44. The fourth-order valence-electron chi connectivity index (χ4n) is 3.94. The van der Waals surface area contributed by atoms with E-state index in [1.54, 1.807) is 38.1 Å². The number of amides is 2. The number of likely N-dealkylation sites (N-methyl/N-ethyl adjacent to an activating group) is 1. The van der Waals surface area contributed by atoms with Gasteiger partial charge in [-0.25, -0.2) is 8.42 Å². The molecular formula is C28H28Cl2F3N3O4S. The molecule has 0 spiro atoms. The Hall–Kier alpha value is -3.28. The van der Waals surface area contributed by atoms with Crippen molar-refractivity contribution in [2.45, 2.75) is 44.4 Å². The monoisotopic (exact) mass is 629 g/mol. The second kappa shape index (κ2) is 13.1. The third kappa shape index (κ3) is 7.93. The number of nitrogens with one attached hydrogen (secondary N) is 1. The number of aryl methyl sites for hydroxylation is 1. The van der Waals surface area contributed by atoms with Crippen LogP contribution in [0.1, 0.15) is 30.5 Å². The van der Waals surface area contributed by atoms with E-state index >= 15 is 0 Å². The van der Waals surface area contributed by atoms with Crippen LogP contribution in [0, 0.1) is 6.92 Å². The highest BCUT2D eigenvalue weighted by Gasteiger charge is 2.37. The Labute approximate surface area is 246 Å². The summed E-state index contributed by atoms with van der Waals surface area (Å²) in [4.78, 5) is 27.5. The van der Waals surface area contributed by atoms with Gasteiger partial charge in [-0.2, -0.15) is 13.2 Å². The molecule has 0 bridgehead atoms. The van der Waals surface area contributed by atoms with Crippen molar-refractivity contribution >= 4 is 50.7 Å². The molecule has 0 fully saturated rings. The minimum atomic E-state index is -4.89. The number of rotatable bonds is 10. The number of benzene rings is 3. The van der Waals surface area contributed by atoms with Gasteiger partial charge >= 0.3 is 6.18 Å². The van der Waals surface area contributed by atoms with Crippen molar-refractivity contribution in [2.75, 3.05) is 17.4 Å². The third-order valence-electron chi connectivity index (χ3n) is 6.22. The van der Waals surface area contributed by atoms with Crippen molar-refractivity contribution in [3.63, 3.8) is 0 Å². The molecule has 0 aromatic heterocycles. The predicted molar refractivity (Wildman–Crippen MR) is 152 cm³/mol. The van der Waals surface area contributed by atoms with E-state index < -0.39 is 56.9 Å². The number of halogens is 5. The third-order valence-corrected chi connectivity index (χ3v) is 8.59. The zero-order chi connectivity index (χ0) is 30.5.